The lowest BCUT2D eigenvalue weighted by Crippen LogP contribution is -2.49. The maximum atomic E-state index is 11.8. The van der Waals surface area contributed by atoms with Gasteiger partial charge in [0.1, 0.15) is 11.7 Å². The number of carbonyl (C=O) groups excluding carboxylic acids is 2. The van der Waals surface area contributed by atoms with Crippen molar-refractivity contribution in [3.05, 3.63) is 30.5 Å². The molecule has 1 aromatic heterocycles. The minimum absolute atomic E-state index is 0.211. The summed E-state index contributed by atoms with van der Waals surface area (Å²) in [4.78, 5) is 27.3. The predicted octanol–water partition coefficient (Wildman–Crippen LogP) is -0.0578. The van der Waals surface area contributed by atoms with Crippen LogP contribution >= 0.6 is 0 Å². The number of allylic oxidation sites excluding steroid dienone is 1. The van der Waals surface area contributed by atoms with Crippen molar-refractivity contribution in [3.8, 4) is 0 Å². The Kier molecular flexibility index (Phi) is 2.95. The number of rotatable bonds is 2. The molecule has 0 spiro atoms. The molecule has 2 heterocycles. The first-order chi connectivity index (χ1) is 8.08. The standard InChI is InChI=1S/C11H14N4O2/c1-7-3-4-8(10(16)13-7)14-11(17)9-5-12-6-15(9)2/h5-6,8H,1,3-4H2,2H3,(H,13,16)(H,14,17). The van der Waals surface area contributed by atoms with Crippen LogP contribution in [0.4, 0.5) is 0 Å². The smallest absolute Gasteiger partial charge is 0.270 e. The first kappa shape index (κ1) is 11.4. The summed E-state index contributed by atoms with van der Waals surface area (Å²) in [5.74, 6) is -0.505. The Hall–Kier alpha value is -2.11. The Labute approximate surface area is 98.7 Å². The number of amides is 2. The topological polar surface area (TPSA) is 76.0 Å². The molecule has 6 heteroatoms. The van der Waals surface area contributed by atoms with Crippen LogP contribution in [0, 0.1) is 0 Å². The van der Waals surface area contributed by atoms with E-state index in [1.54, 1.807) is 11.6 Å². The number of piperidine rings is 1. The second kappa shape index (κ2) is 4.40. The molecule has 2 amide bonds. The zero-order valence-corrected chi connectivity index (χ0v) is 9.56. The minimum atomic E-state index is -0.497. The molecular formula is C11H14N4O2. The lowest BCUT2D eigenvalue weighted by Gasteiger charge is -2.24. The van der Waals surface area contributed by atoms with Crippen molar-refractivity contribution in [2.75, 3.05) is 0 Å². The number of imidazole rings is 1. The van der Waals surface area contributed by atoms with E-state index < -0.39 is 6.04 Å². The summed E-state index contributed by atoms with van der Waals surface area (Å²) in [6.45, 7) is 3.68. The number of nitrogens with one attached hydrogen (secondary N) is 2. The van der Waals surface area contributed by atoms with Gasteiger partial charge in [0.25, 0.3) is 5.91 Å². The quantitative estimate of drug-likeness (QED) is 0.752. The van der Waals surface area contributed by atoms with Gasteiger partial charge in [0.05, 0.1) is 12.5 Å². The molecule has 0 saturated carbocycles. The van der Waals surface area contributed by atoms with Gasteiger partial charge < -0.3 is 15.2 Å². The van der Waals surface area contributed by atoms with Gasteiger partial charge >= 0.3 is 0 Å². The number of aryl methyl sites for hydroxylation is 1. The normalized spacial score (nSPS) is 19.9. The highest BCUT2D eigenvalue weighted by atomic mass is 16.2. The average Bonchev–Trinajstić information content (AvgIpc) is 2.68. The monoisotopic (exact) mass is 234 g/mol. The largest absolute Gasteiger partial charge is 0.339 e. The van der Waals surface area contributed by atoms with Crippen LogP contribution in [0.1, 0.15) is 23.3 Å². The van der Waals surface area contributed by atoms with Crippen LogP contribution in [0.3, 0.4) is 0 Å². The summed E-state index contributed by atoms with van der Waals surface area (Å²) in [6, 6.07) is -0.497. The van der Waals surface area contributed by atoms with Crippen LogP contribution in [-0.2, 0) is 11.8 Å². The Morgan fingerprint density at radius 3 is 3.06 bits per heavy atom. The fourth-order valence-corrected chi connectivity index (χ4v) is 1.72. The van der Waals surface area contributed by atoms with E-state index in [9.17, 15) is 9.59 Å². The maximum absolute atomic E-state index is 11.8. The van der Waals surface area contributed by atoms with E-state index in [2.05, 4.69) is 22.2 Å². The van der Waals surface area contributed by atoms with Crippen molar-refractivity contribution in [1.29, 1.82) is 0 Å². The second-order valence-corrected chi connectivity index (χ2v) is 4.05. The van der Waals surface area contributed by atoms with Crippen molar-refractivity contribution >= 4 is 11.8 Å². The number of carbonyl (C=O) groups is 2. The van der Waals surface area contributed by atoms with Gasteiger partial charge in [-0.25, -0.2) is 4.98 Å². The van der Waals surface area contributed by atoms with Gasteiger partial charge in [0.2, 0.25) is 5.91 Å². The van der Waals surface area contributed by atoms with E-state index in [-0.39, 0.29) is 11.8 Å². The van der Waals surface area contributed by atoms with E-state index in [1.807, 2.05) is 0 Å². The third-order valence-corrected chi connectivity index (χ3v) is 2.71. The number of hydrogen-bond donors (Lipinski definition) is 2. The fraction of sp³-hybridized carbons (Fsp3) is 0.364. The molecule has 90 valence electrons. The number of hydrogen-bond acceptors (Lipinski definition) is 3. The summed E-state index contributed by atoms with van der Waals surface area (Å²) in [7, 11) is 1.73. The zero-order chi connectivity index (χ0) is 12.4. The highest BCUT2D eigenvalue weighted by Crippen LogP contribution is 2.11. The summed E-state index contributed by atoms with van der Waals surface area (Å²) >= 11 is 0. The fourth-order valence-electron chi connectivity index (χ4n) is 1.72. The zero-order valence-electron chi connectivity index (χ0n) is 9.56. The molecule has 6 nitrogen and oxygen atoms in total. The lowest BCUT2D eigenvalue weighted by atomic mass is 10.0. The third kappa shape index (κ3) is 2.35. The summed E-state index contributed by atoms with van der Waals surface area (Å²) in [5.41, 5.74) is 1.13. The van der Waals surface area contributed by atoms with Crippen LogP contribution in [-0.4, -0.2) is 27.4 Å². The summed E-state index contributed by atoms with van der Waals surface area (Å²) in [5, 5.41) is 5.30. The molecule has 1 atom stereocenters. The molecule has 1 aliphatic heterocycles. The van der Waals surface area contributed by atoms with Gasteiger partial charge in [-0.05, 0) is 12.8 Å². The molecule has 1 fully saturated rings. The minimum Gasteiger partial charge on any atom is -0.339 e. The predicted molar refractivity (Wildman–Crippen MR) is 61.0 cm³/mol. The van der Waals surface area contributed by atoms with Crippen molar-refractivity contribution in [1.82, 2.24) is 20.2 Å². The van der Waals surface area contributed by atoms with Crippen LogP contribution in [0.2, 0.25) is 0 Å². The van der Waals surface area contributed by atoms with Crippen molar-refractivity contribution in [2.24, 2.45) is 7.05 Å². The number of nitrogens with zero attached hydrogens (tertiary/aromatic N) is 2. The van der Waals surface area contributed by atoms with Gasteiger partial charge in [-0.3, -0.25) is 9.59 Å². The van der Waals surface area contributed by atoms with Crippen LogP contribution in [0.5, 0.6) is 0 Å². The molecule has 0 bridgehead atoms. The SMILES string of the molecule is C=C1CCC(NC(=O)c2cncn2C)C(=O)N1. The summed E-state index contributed by atoms with van der Waals surface area (Å²) < 4.78 is 1.61. The van der Waals surface area contributed by atoms with E-state index in [0.717, 1.165) is 0 Å². The Morgan fingerprint density at radius 1 is 1.71 bits per heavy atom. The Bertz CT molecular complexity index is 478. The number of aromatic nitrogens is 2. The van der Waals surface area contributed by atoms with Gasteiger partial charge in [-0.1, -0.05) is 6.58 Å². The highest BCUT2D eigenvalue weighted by molar-refractivity contribution is 5.96. The molecule has 1 aliphatic rings. The molecule has 0 radical (unpaired) electrons. The molecule has 1 unspecified atom stereocenters. The summed E-state index contributed by atoms with van der Waals surface area (Å²) in [6.07, 6.45) is 4.27. The Morgan fingerprint density at radius 2 is 2.47 bits per heavy atom. The van der Waals surface area contributed by atoms with E-state index in [4.69, 9.17) is 0 Å². The van der Waals surface area contributed by atoms with Gasteiger partial charge in [0.15, 0.2) is 0 Å². The molecular weight excluding hydrogens is 220 g/mol. The third-order valence-electron chi connectivity index (χ3n) is 2.71. The van der Waals surface area contributed by atoms with E-state index in [1.165, 1.54) is 12.5 Å². The van der Waals surface area contributed by atoms with Crippen LogP contribution in [0.15, 0.2) is 24.8 Å². The first-order valence-corrected chi connectivity index (χ1v) is 5.34. The van der Waals surface area contributed by atoms with E-state index in [0.29, 0.717) is 24.2 Å². The second-order valence-electron chi connectivity index (χ2n) is 4.05. The molecule has 2 rings (SSSR count). The van der Waals surface area contributed by atoms with Crippen molar-refractivity contribution in [3.63, 3.8) is 0 Å². The highest BCUT2D eigenvalue weighted by Gasteiger charge is 2.26. The molecule has 17 heavy (non-hydrogen) atoms. The molecule has 0 aromatic carbocycles. The average molecular weight is 234 g/mol. The van der Waals surface area contributed by atoms with Crippen molar-refractivity contribution < 1.29 is 9.59 Å². The van der Waals surface area contributed by atoms with Gasteiger partial charge in [-0.15, -0.1) is 0 Å². The van der Waals surface area contributed by atoms with Crippen LogP contribution < -0.4 is 10.6 Å². The maximum Gasteiger partial charge on any atom is 0.270 e. The molecule has 1 saturated heterocycles. The molecule has 1 aromatic rings. The molecule has 0 aliphatic carbocycles. The van der Waals surface area contributed by atoms with Crippen molar-refractivity contribution in [2.45, 2.75) is 18.9 Å². The van der Waals surface area contributed by atoms with Gasteiger partial charge in [0, 0.05) is 12.7 Å². The lowest BCUT2D eigenvalue weighted by molar-refractivity contribution is -0.123. The molecule has 2 N–H and O–H groups in total. The first-order valence-electron chi connectivity index (χ1n) is 5.34. The van der Waals surface area contributed by atoms with Crippen LogP contribution in [0.25, 0.3) is 0 Å². The van der Waals surface area contributed by atoms with Gasteiger partial charge in [-0.2, -0.15) is 0 Å². The van der Waals surface area contributed by atoms with E-state index >= 15 is 0 Å². The Balaban J connectivity index is 2.02.